The summed E-state index contributed by atoms with van der Waals surface area (Å²) in [6.07, 6.45) is 107. The lowest BCUT2D eigenvalue weighted by Gasteiger charge is -2.20. The topological polar surface area (TPSA) is 95.9 Å². The van der Waals surface area contributed by atoms with Gasteiger partial charge in [0.25, 0.3) is 0 Å². The molecule has 0 spiro atoms. The minimum Gasteiger partial charge on any atom is -0.466 e. The number of esters is 1. The number of aliphatic hydroxyl groups excluding tert-OH is 2. The molecule has 0 aromatic rings. The van der Waals surface area contributed by atoms with E-state index < -0.39 is 12.1 Å². The van der Waals surface area contributed by atoms with Crippen molar-refractivity contribution >= 4 is 11.9 Å². The number of allylic oxidation sites excluding steroid dienone is 1. The molecule has 0 rings (SSSR count). The zero-order valence-electron chi connectivity index (χ0n) is 63.8. The molecule has 93 heavy (non-hydrogen) atoms. The van der Waals surface area contributed by atoms with Crippen molar-refractivity contribution in [2.75, 3.05) is 13.2 Å². The molecule has 0 fully saturated rings. The van der Waals surface area contributed by atoms with E-state index in [9.17, 15) is 19.8 Å². The van der Waals surface area contributed by atoms with Gasteiger partial charge in [-0.05, 0) is 32.1 Å². The van der Waals surface area contributed by atoms with Crippen LogP contribution in [0.5, 0.6) is 0 Å². The second-order valence-corrected chi connectivity index (χ2v) is 30.2. The van der Waals surface area contributed by atoms with Gasteiger partial charge in [-0.3, -0.25) is 9.59 Å². The van der Waals surface area contributed by atoms with Crippen molar-refractivity contribution in [3.05, 3.63) is 12.2 Å². The summed E-state index contributed by atoms with van der Waals surface area (Å²) in [6.45, 7) is 4.98. The first-order valence-corrected chi connectivity index (χ1v) is 43.5. The van der Waals surface area contributed by atoms with Gasteiger partial charge in [-0.1, -0.05) is 475 Å². The number of rotatable bonds is 83. The quantitative estimate of drug-likeness (QED) is 0.0320. The molecule has 0 aliphatic carbocycles. The molecule has 0 aromatic carbocycles. The maximum Gasteiger partial charge on any atom is 0.305 e. The van der Waals surface area contributed by atoms with Gasteiger partial charge in [-0.2, -0.15) is 0 Å². The molecule has 0 saturated carbocycles. The van der Waals surface area contributed by atoms with Crippen LogP contribution in [0.25, 0.3) is 0 Å². The number of aliphatic hydroxyl groups is 2. The van der Waals surface area contributed by atoms with Gasteiger partial charge in [0.1, 0.15) is 0 Å². The third kappa shape index (κ3) is 79.5. The molecule has 2 unspecified atom stereocenters. The average molecular weight is 1310 g/mol. The van der Waals surface area contributed by atoms with E-state index in [-0.39, 0.29) is 18.5 Å². The summed E-state index contributed by atoms with van der Waals surface area (Å²) in [4.78, 5) is 24.7. The third-order valence-corrected chi connectivity index (χ3v) is 20.8. The lowest BCUT2D eigenvalue weighted by Crippen LogP contribution is -2.45. The monoisotopic (exact) mass is 1310 g/mol. The van der Waals surface area contributed by atoms with E-state index >= 15 is 0 Å². The van der Waals surface area contributed by atoms with Crippen molar-refractivity contribution in [2.24, 2.45) is 0 Å². The van der Waals surface area contributed by atoms with Gasteiger partial charge in [-0.15, -0.1) is 0 Å². The van der Waals surface area contributed by atoms with E-state index in [1.54, 1.807) is 6.08 Å². The zero-order valence-corrected chi connectivity index (χ0v) is 63.8. The van der Waals surface area contributed by atoms with Gasteiger partial charge in [0, 0.05) is 12.8 Å². The SMILES string of the molecule is CCCCCCCCCCCCCCCCCCCCCCCCC/C=C/C(O)C(CO)NC(=O)CCCCCCCCCCCCCCCCCCCCCCCCCCCCCCCCCCOC(=O)CCCCCCCCCCCCCCCCCCCCC. The molecule has 0 saturated heterocycles. The molecule has 0 aliphatic heterocycles. The molecule has 6 nitrogen and oxygen atoms in total. The summed E-state index contributed by atoms with van der Waals surface area (Å²) in [5.74, 6) is -0.0297. The minimum absolute atomic E-state index is 0.0274. The highest BCUT2D eigenvalue weighted by molar-refractivity contribution is 5.76. The van der Waals surface area contributed by atoms with Crippen LogP contribution in [0.1, 0.15) is 508 Å². The van der Waals surface area contributed by atoms with Crippen LogP contribution < -0.4 is 5.32 Å². The highest BCUT2D eigenvalue weighted by Crippen LogP contribution is 2.21. The van der Waals surface area contributed by atoms with Gasteiger partial charge in [0.2, 0.25) is 5.91 Å². The molecule has 554 valence electrons. The second-order valence-electron chi connectivity index (χ2n) is 30.2. The number of amides is 1. The number of carbonyl (C=O) groups is 2. The number of carbonyl (C=O) groups excluding carboxylic acids is 2. The molecule has 2 atom stereocenters. The predicted molar refractivity (Wildman–Crippen MR) is 412 cm³/mol. The summed E-state index contributed by atoms with van der Waals surface area (Å²) in [7, 11) is 0. The first-order chi connectivity index (χ1) is 46.0. The third-order valence-electron chi connectivity index (χ3n) is 20.8. The Labute approximate surface area is 584 Å². The molecule has 0 aliphatic rings. The normalized spacial score (nSPS) is 12.4. The number of hydrogen-bond donors (Lipinski definition) is 3. The molecule has 0 aromatic heterocycles. The van der Waals surface area contributed by atoms with Crippen LogP contribution in [-0.4, -0.2) is 47.4 Å². The lowest BCUT2D eigenvalue weighted by atomic mass is 10.0. The summed E-state index contributed by atoms with van der Waals surface area (Å²) in [5, 5.41) is 23.3. The number of nitrogens with one attached hydrogen (secondary N) is 1. The van der Waals surface area contributed by atoms with E-state index in [0.717, 1.165) is 38.5 Å². The van der Waals surface area contributed by atoms with Crippen molar-refractivity contribution in [2.45, 2.75) is 520 Å². The summed E-state index contributed by atoms with van der Waals surface area (Å²) < 4.78 is 5.53. The largest absolute Gasteiger partial charge is 0.466 e. The van der Waals surface area contributed by atoms with Gasteiger partial charge >= 0.3 is 5.97 Å². The first kappa shape index (κ1) is 91.6. The van der Waals surface area contributed by atoms with Crippen molar-refractivity contribution in [3.63, 3.8) is 0 Å². The lowest BCUT2D eigenvalue weighted by molar-refractivity contribution is -0.143. The van der Waals surface area contributed by atoms with E-state index in [0.29, 0.717) is 19.4 Å². The molecule has 0 bridgehead atoms. The van der Waals surface area contributed by atoms with E-state index in [1.807, 2.05) is 6.08 Å². The van der Waals surface area contributed by atoms with Gasteiger partial charge in [-0.25, -0.2) is 0 Å². The Kier molecular flexibility index (Phi) is 81.8. The highest BCUT2D eigenvalue weighted by Gasteiger charge is 2.18. The maximum atomic E-state index is 12.6. The van der Waals surface area contributed by atoms with Gasteiger partial charge in [0.05, 0.1) is 25.4 Å². The molecule has 6 heteroatoms. The summed E-state index contributed by atoms with van der Waals surface area (Å²) in [5.41, 5.74) is 0. The van der Waals surface area contributed by atoms with Crippen LogP contribution in [0.4, 0.5) is 0 Å². The Bertz CT molecular complexity index is 1420. The fourth-order valence-electron chi connectivity index (χ4n) is 14.2. The van der Waals surface area contributed by atoms with Crippen LogP contribution in [0, 0.1) is 0 Å². The van der Waals surface area contributed by atoms with Crippen molar-refractivity contribution in [1.82, 2.24) is 5.32 Å². The highest BCUT2D eigenvalue weighted by atomic mass is 16.5. The van der Waals surface area contributed by atoms with E-state index in [2.05, 4.69) is 19.2 Å². The van der Waals surface area contributed by atoms with Crippen molar-refractivity contribution < 1.29 is 24.5 Å². The molecule has 1 amide bonds. The first-order valence-electron chi connectivity index (χ1n) is 43.5. The molecular formula is C87H171NO5. The fraction of sp³-hybridized carbons (Fsp3) is 0.954. The van der Waals surface area contributed by atoms with Crippen LogP contribution >= 0.6 is 0 Å². The fourth-order valence-corrected chi connectivity index (χ4v) is 14.2. The number of hydrogen-bond acceptors (Lipinski definition) is 5. The Morgan fingerprint density at radius 1 is 0.290 bits per heavy atom. The van der Waals surface area contributed by atoms with E-state index in [1.165, 1.54) is 443 Å². The zero-order chi connectivity index (χ0) is 67.0. The van der Waals surface area contributed by atoms with Crippen LogP contribution in [-0.2, 0) is 14.3 Å². The number of unbranched alkanes of at least 4 members (excludes halogenated alkanes) is 72. The molecule has 0 radical (unpaired) electrons. The Hall–Kier alpha value is -1.40. The van der Waals surface area contributed by atoms with Crippen LogP contribution in [0.3, 0.4) is 0 Å². The van der Waals surface area contributed by atoms with Crippen LogP contribution in [0.2, 0.25) is 0 Å². The standard InChI is InChI=1S/C87H171NO5/c1-3-5-7-9-11-13-15-17-19-21-23-24-25-34-37-40-44-47-51-55-59-63-67-71-75-79-85(90)84(83-89)88-86(91)80-76-72-68-64-60-56-52-48-45-41-38-35-32-30-28-26-27-29-31-33-36-39-42-46-50-54-58-62-66-70-74-78-82-93-87(92)81-77-73-69-65-61-57-53-49-43-22-20-18-16-14-12-10-8-6-4-2/h75,79,84-85,89-90H,3-74,76-78,80-83H2,1-2H3,(H,88,91)/b79-75+. The molecular weight excluding hydrogens is 1140 g/mol. The van der Waals surface area contributed by atoms with Gasteiger partial charge < -0.3 is 20.3 Å². The summed E-state index contributed by atoms with van der Waals surface area (Å²) in [6, 6.07) is -0.626. The van der Waals surface area contributed by atoms with E-state index in [4.69, 9.17) is 4.74 Å². The van der Waals surface area contributed by atoms with Crippen molar-refractivity contribution in [3.8, 4) is 0 Å². The van der Waals surface area contributed by atoms with Crippen molar-refractivity contribution in [1.29, 1.82) is 0 Å². The molecule has 3 N–H and O–H groups in total. The van der Waals surface area contributed by atoms with Gasteiger partial charge in [0.15, 0.2) is 0 Å². The number of ether oxygens (including phenoxy) is 1. The summed E-state index contributed by atoms with van der Waals surface area (Å²) >= 11 is 0. The average Bonchev–Trinajstić information content (AvgIpc) is 3.78. The smallest absolute Gasteiger partial charge is 0.305 e. The Balaban J connectivity index is 3.33. The Morgan fingerprint density at radius 3 is 0.731 bits per heavy atom. The predicted octanol–water partition coefficient (Wildman–Crippen LogP) is 29.0. The Morgan fingerprint density at radius 2 is 0.495 bits per heavy atom. The minimum atomic E-state index is -0.843. The molecule has 0 heterocycles. The second kappa shape index (κ2) is 83.0. The van der Waals surface area contributed by atoms with Crippen LogP contribution in [0.15, 0.2) is 12.2 Å². The maximum absolute atomic E-state index is 12.6.